The summed E-state index contributed by atoms with van der Waals surface area (Å²) in [6.45, 7) is 3.81. The van der Waals surface area contributed by atoms with Crippen molar-refractivity contribution < 1.29 is 18.0 Å². The van der Waals surface area contributed by atoms with Crippen LogP contribution in [0.15, 0.2) is 46.4 Å². The van der Waals surface area contributed by atoms with Gasteiger partial charge < -0.3 is 0 Å². The van der Waals surface area contributed by atoms with E-state index in [2.05, 4.69) is 15.4 Å². The fourth-order valence-electron chi connectivity index (χ4n) is 3.21. The molecule has 10 heteroatoms. The average molecular weight is 457 g/mol. The molecular weight excluding hydrogens is 436 g/mol. The second-order valence-electron chi connectivity index (χ2n) is 7.42. The summed E-state index contributed by atoms with van der Waals surface area (Å²) in [7, 11) is -3.33. The van der Waals surface area contributed by atoms with Crippen molar-refractivity contribution in [2.75, 3.05) is 16.6 Å². The number of carbonyl (C=O) groups excluding carboxylic acids is 2. The van der Waals surface area contributed by atoms with Gasteiger partial charge in [0.2, 0.25) is 5.91 Å². The smallest absolute Gasteiger partial charge is 0.273 e. The molecule has 0 bridgehead atoms. The highest BCUT2D eigenvalue weighted by atomic mass is 32.2. The molecule has 0 spiro atoms. The first-order chi connectivity index (χ1) is 14.6. The molecule has 1 N–H and O–H groups in total. The fourth-order valence-corrected chi connectivity index (χ4v) is 4.83. The Hall–Kier alpha value is -3.11. The lowest BCUT2D eigenvalue weighted by atomic mass is 10.1. The average Bonchev–Trinajstić information content (AvgIpc) is 3.11. The zero-order valence-corrected chi connectivity index (χ0v) is 18.8. The van der Waals surface area contributed by atoms with E-state index in [9.17, 15) is 18.0 Å². The maximum Gasteiger partial charge on any atom is 0.273 e. The molecule has 0 atom stereocenters. The standard InChI is InChI=1S/C21H20N4O4S2/c1-12-4-5-13(2)17(10-12)25-19(26)9-8-16(24-25)20(27)23-21-22-15-7-6-14(31(3,28)29)11-18(15)30-21/h4-7,10-11H,8-9H2,1-3H3,(H,22,23,27). The molecule has 0 unspecified atom stereocenters. The number of anilines is 2. The van der Waals surface area contributed by atoms with Crippen LogP contribution in [0.2, 0.25) is 0 Å². The Morgan fingerprint density at radius 3 is 2.65 bits per heavy atom. The van der Waals surface area contributed by atoms with Crippen LogP contribution in [0.5, 0.6) is 0 Å². The number of aromatic nitrogens is 1. The number of fused-ring (bicyclic) bond motifs is 1. The maximum atomic E-state index is 12.8. The molecule has 8 nitrogen and oxygen atoms in total. The number of thiazole rings is 1. The highest BCUT2D eigenvalue weighted by Gasteiger charge is 2.27. The molecule has 2 heterocycles. The largest absolute Gasteiger partial charge is 0.297 e. The summed E-state index contributed by atoms with van der Waals surface area (Å²) in [6, 6.07) is 10.4. The zero-order chi connectivity index (χ0) is 22.3. The summed E-state index contributed by atoms with van der Waals surface area (Å²) in [5.74, 6) is -0.608. The van der Waals surface area contributed by atoms with E-state index in [1.54, 1.807) is 6.07 Å². The minimum absolute atomic E-state index is 0.168. The summed E-state index contributed by atoms with van der Waals surface area (Å²) in [5, 5.41) is 8.67. The van der Waals surface area contributed by atoms with Gasteiger partial charge in [0.1, 0.15) is 5.71 Å². The fraction of sp³-hybridized carbons (Fsp3) is 0.238. The Labute approximate surface area is 183 Å². The van der Waals surface area contributed by atoms with Gasteiger partial charge in [-0.15, -0.1) is 0 Å². The molecular formula is C21H20N4O4S2. The molecule has 2 amide bonds. The number of nitrogens with one attached hydrogen (secondary N) is 1. The molecule has 4 rings (SSSR count). The van der Waals surface area contributed by atoms with E-state index >= 15 is 0 Å². The van der Waals surface area contributed by atoms with E-state index in [1.807, 2.05) is 32.0 Å². The molecule has 0 fully saturated rings. The van der Waals surface area contributed by atoms with E-state index in [-0.39, 0.29) is 29.4 Å². The second kappa shape index (κ2) is 7.86. The SMILES string of the molecule is Cc1ccc(C)c(N2N=C(C(=O)Nc3nc4ccc(S(C)(=O)=O)cc4s3)CCC2=O)c1. The maximum absolute atomic E-state index is 12.8. The Bertz CT molecular complexity index is 1360. The number of hydrogen-bond donors (Lipinski definition) is 1. The summed E-state index contributed by atoms with van der Waals surface area (Å²) in [4.78, 5) is 29.8. The minimum Gasteiger partial charge on any atom is -0.297 e. The lowest BCUT2D eigenvalue weighted by molar-refractivity contribution is -0.118. The molecule has 1 aromatic heterocycles. The molecule has 0 saturated heterocycles. The van der Waals surface area contributed by atoms with Gasteiger partial charge in [-0.05, 0) is 49.2 Å². The number of nitrogens with zero attached hydrogens (tertiary/aromatic N) is 3. The van der Waals surface area contributed by atoms with Crippen LogP contribution in [-0.4, -0.2) is 37.2 Å². The molecule has 2 aromatic carbocycles. The molecule has 0 aliphatic carbocycles. The highest BCUT2D eigenvalue weighted by molar-refractivity contribution is 7.90. The van der Waals surface area contributed by atoms with Gasteiger partial charge in [0.25, 0.3) is 5.91 Å². The molecule has 0 saturated carbocycles. The van der Waals surface area contributed by atoms with Crippen LogP contribution in [0, 0.1) is 13.8 Å². The van der Waals surface area contributed by atoms with Gasteiger partial charge >= 0.3 is 0 Å². The van der Waals surface area contributed by atoms with Crippen molar-refractivity contribution in [1.29, 1.82) is 0 Å². The number of hydrogen-bond acceptors (Lipinski definition) is 7. The molecule has 1 aliphatic rings. The van der Waals surface area contributed by atoms with E-state index in [4.69, 9.17) is 0 Å². The Balaban J connectivity index is 1.60. The van der Waals surface area contributed by atoms with Crippen LogP contribution in [0.25, 0.3) is 10.2 Å². The van der Waals surface area contributed by atoms with Crippen molar-refractivity contribution in [3.63, 3.8) is 0 Å². The van der Waals surface area contributed by atoms with Gasteiger partial charge in [0.05, 0.1) is 20.8 Å². The van der Waals surface area contributed by atoms with Gasteiger partial charge in [0.15, 0.2) is 15.0 Å². The first-order valence-corrected chi connectivity index (χ1v) is 12.2. The quantitative estimate of drug-likeness (QED) is 0.647. The number of aryl methyl sites for hydroxylation is 2. The number of amides is 2. The Morgan fingerprint density at radius 1 is 1.13 bits per heavy atom. The highest BCUT2D eigenvalue weighted by Crippen LogP contribution is 2.29. The third-order valence-electron chi connectivity index (χ3n) is 4.90. The summed E-state index contributed by atoms with van der Waals surface area (Å²) in [6.07, 6.45) is 1.55. The van der Waals surface area contributed by atoms with Crippen LogP contribution < -0.4 is 10.3 Å². The summed E-state index contributed by atoms with van der Waals surface area (Å²) >= 11 is 1.18. The molecule has 3 aromatic rings. The Kier molecular flexibility index (Phi) is 5.36. The number of rotatable bonds is 4. The number of carbonyl (C=O) groups is 2. The van der Waals surface area contributed by atoms with Gasteiger partial charge in [-0.1, -0.05) is 23.5 Å². The van der Waals surface area contributed by atoms with Crippen LogP contribution in [0.4, 0.5) is 10.8 Å². The van der Waals surface area contributed by atoms with Crippen molar-refractivity contribution in [3.05, 3.63) is 47.5 Å². The predicted molar refractivity (Wildman–Crippen MR) is 121 cm³/mol. The number of sulfone groups is 1. The topological polar surface area (TPSA) is 109 Å². The van der Waals surface area contributed by atoms with Crippen LogP contribution in [-0.2, 0) is 19.4 Å². The second-order valence-corrected chi connectivity index (χ2v) is 10.5. The third kappa shape index (κ3) is 4.35. The predicted octanol–water partition coefficient (Wildman–Crippen LogP) is 3.44. The third-order valence-corrected chi connectivity index (χ3v) is 6.94. The first-order valence-electron chi connectivity index (χ1n) is 9.51. The van der Waals surface area contributed by atoms with Crippen molar-refractivity contribution in [1.82, 2.24) is 4.98 Å². The zero-order valence-electron chi connectivity index (χ0n) is 17.2. The van der Waals surface area contributed by atoms with Gasteiger partial charge in [-0.3, -0.25) is 14.9 Å². The van der Waals surface area contributed by atoms with Gasteiger partial charge in [-0.2, -0.15) is 5.10 Å². The summed E-state index contributed by atoms with van der Waals surface area (Å²) in [5.41, 5.74) is 3.35. The lowest BCUT2D eigenvalue weighted by Gasteiger charge is -2.24. The van der Waals surface area contributed by atoms with E-state index in [0.29, 0.717) is 21.0 Å². The number of hydrazone groups is 1. The molecule has 0 radical (unpaired) electrons. The normalized spacial score (nSPS) is 14.6. The van der Waals surface area contributed by atoms with Crippen LogP contribution in [0.1, 0.15) is 24.0 Å². The molecule has 31 heavy (non-hydrogen) atoms. The van der Waals surface area contributed by atoms with Crippen molar-refractivity contribution in [3.8, 4) is 0 Å². The molecule has 160 valence electrons. The van der Waals surface area contributed by atoms with E-state index in [1.165, 1.54) is 28.5 Å². The summed E-state index contributed by atoms with van der Waals surface area (Å²) < 4.78 is 24.2. The van der Waals surface area contributed by atoms with Crippen LogP contribution in [0.3, 0.4) is 0 Å². The lowest BCUT2D eigenvalue weighted by Crippen LogP contribution is -2.36. The van der Waals surface area contributed by atoms with Crippen LogP contribution >= 0.6 is 11.3 Å². The van der Waals surface area contributed by atoms with E-state index < -0.39 is 15.7 Å². The van der Waals surface area contributed by atoms with Crippen molar-refractivity contribution >= 4 is 59.7 Å². The first kappa shape index (κ1) is 21.1. The monoisotopic (exact) mass is 456 g/mol. The number of benzene rings is 2. The Morgan fingerprint density at radius 2 is 1.90 bits per heavy atom. The van der Waals surface area contributed by atoms with Gasteiger partial charge in [0, 0.05) is 19.1 Å². The molecule has 1 aliphatic heterocycles. The minimum atomic E-state index is -3.33. The van der Waals surface area contributed by atoms with Gasteiger partial charge in [-0.25, -0.2) is 18.4 Å². The van der Waals surface area contributed by atoms with E-state index in [0.717, 1.165) is 17.4 Å². The van der Waals surface area contributed by atoms with Crippen molar-refractivity contribution in [2.24, 2.45) is 5.10 Å². The van der Waals surface area contributed by atoms with Crippen molar-refractivity contribution in [2.45, 2.75) is 31.6 Å².